The maximum atomic E-state index is 13.6. The first kappa shape index (κ1) is 17.6. The van der Waals surface area contributed by atoms with Crippen molar-refractivity contribution in [3.63, 3.8) is 0 Å². The Labute approximate surface area is 134 Å². The number of aliphatic hydroxyl groups excluding tert-OH is 1. The topological polar surface area (TPSA) is 54.4 Å². The number of aliphatic hydroxyl groups is 1. The summed E-state index contributed by atoms with van der Waals surface area (Å²) in [4.78, 5) is 0. The van der Waals surface area contributed by atoms with E-state index >= 15 is 0 Å². The van der Waals surface area contributed by atoms with Crippen LogP contribution in [0.15, 0.2) is 36.4 Å². The van der Waals surface area contributed by atoms with Gasteiger partial charge in [0, 0.05) is 0 Å². The fourth-order valence-corrected chi connectivity index (χ4v) is 4.06. The lowest BCUT2D eigenvalue weighted by molar-refractivity contribution is 0.191. The van der Waals surface area contributed by atoms with Crippen LogP contribution in [0.4, 0.5) is 8.78 Å². The van der Waals surface area contributed by atoms with Gasteiger partial charge in [-0.3, -0.25) is 0 Å². The second kappa shape index (κ2) is 6.76. The Morgan fingerprint density at radius 1 is 1.04 bits per heavy atom. The number of aryl methyl sites for hydroxylation is 2. The van der Waals surface area contributed by atoms with Crippen LogP contribution in [0, 0.1) is 25.5 Å². The molecule has 2 aromatic carbocycles. The largest absolute Gasteiger partial charge is 0.387 e. The summed E-state index contributed by atoms with van der Waals surface area (Å²) in [5.74, 6) is -2.95. The summed E-state index contributed by atoms with van der Waals surface area (Å²) in [6, 6.07) is 8.52. The molecule has 0 saturated heterocycles. The predicted octanol–water partition coefficient (Wildman–Crippen LogP) is 3.23. The molecule has 0 spiro atoms. The van der Waals surface area contributed by atoms with E-state index in [-0.39, 0.29) is 5.75 Å². The zero-order valence-corrected chi connectivity index (χ0v) is 13.7. The highest BCUT2D eigenvalue weighted by atomic mass is 32.2. The Hall–Kier alpha value is -1.79. The molecule has 0 aliphatic rings. The Kier molecular flexibility index (Phi) is 5.16. The Balaban J connectivity index is 2.21. The van der Waals surface area contributed by atoms with Crippen LogP contribution in [0.25, 0.3) is 0 Å². The lowest BCUT2D eigenvalue weighted by Gasteiger charge is -2.14. The van der Waals surface area contributed by atoms with E-state index in [4.69, 9.17) is 0 Å². The normalized spacial score (nSPS) is 13.1. The highest BCUT2D eigenvalue weighted by molar-refractivity contribution is 7.90. The van der Waals surface area contributed by atoms with Gasteiger partial charge in [0.15, 0.2) is 9.84 Å². The molecule has 0 saturated carbocycles. The maximum absolute atomic E-state index is 13.6. The van der Waals surface area contributed by atoms with Crippen LogP contribution in [0.1, 0.15) is 28.4 Å². The predicted molar refractivity (Wildman–Crippen MR) is 84.7 cm³/mol. The van der Waals surface area contributed by atoms with Gasteiger partial charge < -0.3 is 5.11 Å². The van der Waals surface area contributed by atoms with Crippen molar-refractivity contribution in [2.45, 2.75) is 25.7 Å². The van der Waals surface area contributed by atoms with E-state index in [1.165, 1.54) is 0 Å². The average molecular weight is 340 g/mol. The zero-order valence-electron chi connectivity index (χ0n) is 12.9. The lowest BCUT2D eigenvalue weighted by atomic mass is 10.1. The minimum Gasteiger partial charge on any atom is -0.387 e. The number of hydrogen-bond acceptors (Lipinski definition) is 3. The summed E-state index contributed by atoms with van der Waals surface area (Å²) in [7, 11) is -3.73. The van der Waals surface area contributed by atoms with Gasteiger partial charge in [-0.1, -0.05) is 35.4 Å². The standard InChI is InChI=1S/C17H18F2O3S/c1-11-6-12(2)8-13(7-11)9-23(21,22)10-16(20)17-14(18)4-3-5-15(17)19/h3-8,16,20H,9-10H2,1-2H3. The van der Waals surface area contributed by atoms with Crippen LogP contribution in [0.2, 0.25) is 0 Å². The molecule has 0 amide bonds. The first-order valence-corrected chi connectivity index (χ1v) is 8.89. The summed E-state index contributed by atoms with van der Waals surface area (Å²) in [6.07, 6.45) is -1.74. The highest BCUT2D eigenvalue weighted by Gasteiger charge is 2.24. The van der Waals surface area contributed by atoms with Gasteiger partial charge in [-0.15, -0.1) is 0 Å². The smallest absolute Gasteiger partial charge is 0.157 e. The van der Waals surface area contributed by atoms with E-state index < -0.39 is 38.9 Å². The molecule has 0 aliphatic carbocycles. The number of benzene rings is 2. The quantitative estimate of drug-likeness (QED) is 0.909. The number of rotatable bonds is 5. The van der Waals surface area contributed by atoms with E-state index in [1.54, 1.807) is 12.1 Å². The van der Waals surface area contributed by atoms with Crippen LogP contribution in [0.3, 0.4) is 0 Å². The molecule has 0 fully saturated rings. The van der Waals surface area contributed by atoms with Gasteiger partial charge in [-0.25, -0.2) is 17.2 Å². The minimum atomic E-state index is -3.73. The van der Waals surface area contributed by atoms with E-state index in [1.807, 2.05) is 19.9 Å². The van der Waals surface area contributed by atoms with Gasteiger partial charge in [0.05, 0.1) is 23.2 Å². The summed E-state index contributed by atoms with van der Waals surface area (Å²) in [6.45, 7) is 3.71. The Morgan fingerprint density at radius 2 is 1.57 bits per heavy atom. The van der Waals surface area contributed by atoms with Gasteiger partial charge in [-0.05, 0) is 31.5 Å². The van der Waals surface area contributed by atoms with Crippen LogP contribution < -0.4 is 0 Å². The third kappa shape index (κ3) is 4.59. The second-order valence-corrected chi connectivity index (χ2v) is 7.81. The van der Waals surface area contributed by atoms with Gasteiger partial charge in [0.1, 0.15) is 11.6 Å². The fourth-order valence-electron chi connectivity index (χ4n) is 2.62. The Morgan fingerprint density at radius 3 is 2.09 bits per heavy atom. The molecule has 0 bridgehead atoms. The molecule has 0 aliphatic heterocycles. The monoisotopic (exact) mass is 340 g/mol. The van der Waals surface area contributed by atoms with Gasteiger partial charge in [-0.2, -0.15) is 0 Å². The first-order chi connectivity index (χ1) is 10.7. The maximum Gasteiger partial charge on any atom is 0.157 e. The molecule has 2 aromatic rings. The van der Waals surface area contributed by atoms with Crippen molar-refractivity contribution in [3.8, 4) is 0 Å². The number of sulfone groups is 1. The third-order valence-corrected chi connectivity index (χ3v) is 5.01. The molecule has 0 radical (unpaired) electrons. The van der Waals surface area contributed by atoms with E-state index in [0.717, 1.165) is 29.3 Å². The minimum absolute atomic E-state index is 0.289. The molecule has 3 nitrogen and oxygen atoms in total. The molecule has 124 valence electrons. The van der Waals surface area contributed by atoms with E-state index in [2.05, 4.69) is 0 Å². The molecule has 23 heavy (non-hydrogen) atoms. The van der Waals surface area contributed by atoms with Crippen molar-refractivity contribution >= 4 is 9.84 Å². The van der Waals surface area contributed by atoms with Crippen LogP contribution in [-0.4, -0.2) is 19.3 Å². The molecule has 1 N–H and O–H groups in total. The molecule has 1 atom stereocenters. The number of hydrogen-bond donors (Lipinski definition) is 1. The second-order valence-electron chi connectivity index (χ2n) is 5.70. The molecular weight excluding hydrogens is 322 g/mol. The number of halogens is 2. The summed E-state index contributed by atoms with van der Waals surface area (Å²) in [5.41, 5.74) is 1.83. The SMILES string of the molecule is Cc1cc(C)cc(CS(=O)(=O)CC(O)c2c(F)cccc2F)c1. The van der Waals surface area contributed by atoms with Crippen molar-refractivity contribution in [2.24, 2.45) is 0 Å². The summed E-state index contributed by atoms with van der Waals surface area (Å²) < 4.78 is 51.7. The molecule has 1 unspecified atom stereocenters. The summed E-state index contributed by atoms with van der Waals surface area (Å²) in [5, 5.41) is 9.95. The van der Waals surface area contributed by atoms with Crippen molar-refractivity contribution in [3.05, 3.63) is 70.3 Å². The molecule has 0 aromatic heterocycles. The van der Waals surface area contributed by atoms with Crippen molar-refractivity contribution in [2.75, 3.05) is 5.75 Å². The van der Waals surface area contributed by atoms with Gasteiger partial charge in [0.25, 0.3) is 0 Å². The molecule has 2 rings (SSSR count). The van der Waals surface area contributed by atoms with E-state index in [0.29, 0.717) is 5.56 Å². The van der Waals surface area contributed by atoms with Crippen molar-refractivity contribution in [1.82, 2.24) is 0 Å². The molecule has 6 heteroatoms. The first-order valence-electron chi connectivity index (χ1n) is 7.07. The molecule has 0 heterocycles. The third-order valence-electron chi connectivity index (χ3n) is 3.41. The van der Waals surface area contributed by atoms with E-state index in [9.17, 15) is 22.3 Å². The van der Waals surface area contributed by atoms with Crippen molar-refractivity contribution in [1.29, 1.82) is 0 Å². The van der Waals surface area contributed by atoms with Crippen LogP contribution in [-0.2, 0) is 15.6 Å². The Bertz CT molecular complexity index is 776. The van der Waals surface area contributed by atoms with Crippen LogP contribution >= 0.6 is 0 Å². The summed E-state index contributed by atoms with van der Waals surface area (Å²) >= 11 is 0. The van der Waals surface area contributed by atoms with Gasteiger partial charge in [0.2, 0.25) is 0 Å². The van der Waals surface area contributed by atoms with Crippen LogP contribution in [0.5, 0.6) is 0 Å². The van der Waals surface area contributed by atoms with Gasteiger partial charge >= 0.3 is 0 Å². The fraction of sp³-hybridized carbons (Fsp3) is 0.294. The highest BCUT2D eigenvalue weighted by Crippen LogP contribution is 2.23. The van der Waals surface area contributed by atoms with Crippen molar-refractivity contribution < 1.29 is 22.3 Å². The lowest BCUT2D eigenvalue weighted by Crippen LogP contribution is -2.18. The molecular formula is C17H18F2O3S. The average Bonchev–Trinajstić information content (AvgIpc) is 2.35. The zero-order chi connectivity index (χ0) is 17.2.